The van der Waals surface area contributed by atoms with Crippen LogP contribution in [0.15, 0.2) is 60.7 Å². The first-order valence-electron chi connectivity index (χ1n) is 8.22. The molecule has 25 heavy (non-hydrogen) atoms. The number of phenols is 1. The molecule has 0 aromatic heterocycles. The second-order valence-corrected chi connectivity index (χ2v) is 6.14. The molecule has 0 aliphatic heterocycles. The second-order valence-electron chi connectivity index (χ2n) is 6.14. The van der Waals surface area contributed by atoms with Gasteiger partial charge in [0.25, 0.3) is 5.91 Å². The van der Waals surface area contributed by atoms with Crippen LogP contribution in [0.3, 0.4) is 0 Å². The normalized spacial score (nSPS) is 11.9. The maximum Gasteiger partial charge on any atom is 0.255 e. The minimum Gasteiger partial charge on any atom is -0.508 e. The van der Waals surface area contributed by atoms with Gasteiger partial charge in [-0.05, 0) is 53.9 Å². The summed E-state index contributed by atoms with van der Waals surface area (Å²) < 4.78 is 5.40. The predicted octanol–water partition coefficient (Wildman–Crippen LogP) is 3.92. The molecule has 0 radical (unpaired) electrons. The Bertz CT molecular complexity index is 887. The van der Waals surface area contributed by atoms with E-state index in [4.69, 9.17) is 4.74 Å². The molecule has 0 heterocycles. The van der Waals surface area contributed by atoms with Crippen LogP contribution in [0.4, 0.5) is 0 Å². The van der Waals surface area contributed by atoms with Gasteiger partial charge in [0, 0.05) is 6.04 Å². The Kier molecular flexibility index (Phi) is 4.89. The minimum absolute atomic E-state index is 0.0479. The monoisotopic (exact) mass is 335 g/mol. The molecule has 0 fully saturated rings. The number of carbonyl (C=O) groups excluding carboxylic acids is 1. The van der Waals surface area contributed by atoms with E-state index in [0.29, 0.717) is 17.7 Å². The quantitative estimate of drug-likeness (QED) is 0.743. The molecule has 0 spiro atoms. The third-order valence-electron chi connectivity index (χ3n) is 4.17. The van der Waals surface area contributed by atoms with Gasteiger partial charge in [0.15, 0.2) is 0 Å². The predicted molar refractivity (Wildman–Crippen MR) is 99.2 cm³/mol. The number of carbonyl (C=O) groups is 1. The van der Waals surface area contributed by atoms with Gasteiger partial charge in [0.2, 0.25) is 0 Å². The van der Waals surface area contributed by atoms with Gasteiger partial charge in [-0.3, -0.25) is 4.79 Å². The first kappa shape index (κ1) is 16.8. The van der Waals surface area contributed by atoms with Crippen LogP contribution < -0.4 is 10.1 Å². The Morgan fingerprint density at radius 3 is 2.36 bits per heavy atom. The molecule has 0 saturated carbocycles. The van der Waals surface area contributed by atoms with Crippen LogP contribution in [0.25, 0.3) is 10.8 Å². The molecule has 2 N–H and O–H groups in total. The molecule has 1 unspecified atom stereocenters. The van der Waals surface area contributed by atoms with Crippen molar-refractivity contribution in [3.63, 3.8) is 0 Å². The molecular weight excluding hydrogens is 314 g/mol. The molecule has 0 aliphatic carbocycles. The van der Waals surface area contributed by atoms with E-state index in [1.165, 1.54) is 0 Å². The van der Waals surface area contributed by atoms with Gasteiger partial charge < -0.3 is 15.2 Å². The third kappa shape index (κ3) is 3.91. The van der Waals surface area contributed by atoms with Crippen LogP contribution in [-0.2, 0) is 6.42 Å². The SMILES string of the molecule is COc1cc2ccccc2cc1C(=O)NC(C)Cc1ccc(O)cc1. The number of ether oxygens (including phenoxy) is 1. The molecule has 4 heteroatoms. The molecule has 1 atom stereocenters. The van der Waals surface area contributed by atoms with Gasteiger partial charge in [-0.2, -0.15) is 0 Å². The summed E-state index contributed by atoms with van der Waals surface area (Å²) in [5.41, 5.74) is 1.58. The number of amides is 1. The van der Waals surface area contributed by atoms with Crippen LogP contribution in [0.5, 0.6) is 11.5 Å². The lowest BCUT2D eigenvalue weighted by Crippen LogP contribution is -2.34. The van der Waals surface area contributed by atoms with Crippen LogP contribution in [0.1, 0.15) is 22.8 Å². The Morgan fingerprint density at radius 2 is 1.72 bits per heavy atom. The molecule has 0 saturated heterocycles. The summed E-state index contributed by atoms with van der Waals surface area (Å²) in [5, 5.41) is 14.4. The van der Waals surface area contributed by atoms with Crippen molar-refractivity contribution in [2.75, 3.05) is 7.11 Å². The Balaban J connectivity index is 1.77. The van der Waals surface area contributed by atoms with Crippen molar-refractivity contribution in [2.24, 2.45) is 0 Å². The van der Waals surface area contributed by atoms with E-state index in [2.05, 4.69) is 5.32 Å². The molecular formula is C21H21NO3. The molecule has 3 rings (SSSR count). The number of phenolic OH excluding ortho intramolecular Hbond substituents is 1. The standard InChI is InChI=1S/C21H21NO3/c1-14(11-15-7-9-18(23)10-8-15)22-21(24)19-12-16-5-3-4-6-17(16)13-20(19)25-2/h3-10,12-14,23H,11H2,1-2H3,(H,22,24). The lowest BCUT2D eigenvalue weighted by molar-refractivity contribution is 0.0937. The molecule has 3 aromatic rings. The number of hydrogen-bond donors (Lipinski definition) is 2. The zero-order chi connectivity index (χ0) is 17.8. The summed E-state index contributed by atoms with van der Waals surface area (Å²) in [7, 11) is 1.57. The molecule has 0 bridgehead atoms. The van der Waals surface area contributed by atoms with Crippen molar-refractivity contribution in [2.45, 2.75) is 19.4 Å². The lowest BCUT2D eigenvalue weighted by atomic mass is 10.0. The summed E-state index contributed by atoms with van der Waals surface area (Å²) in [6.07, 6.45) is 0.682. The summed E-state index contributed by atoms with van der Waals surface area (Å²) in [5.74, 6) is 0.642. The lowest BCUT2D eigenvalue weighted by Gasteiger charge is -2.16. The smallest absolute Gasteiger partial charge is 0.255 e. The molecule has 1 amide bonds. The van der Waals surface area contributed by atoms with E-state index in [-0.39, 0.29) is 17.7 Å². The van der Waals surface area contributed by atoms with Gasteiger partial charge in [-0.15, -0.1) is 0 Å². The number of hydrogen-bond acceptors (Lipinski definition) is 3. The van der Waals surface area contributed by atoms with E-state index >= 15 is 0 Å². The number of rotatable bonds is 5. The van der Waals surface area contributed by atoms with Crippen molar-refractivity contribution < 1.29 is 14.6 Å². The fraction of sp³-hybridized carbons (Fsp3) is 0.190. The zero-order valence-corrected chi connectivity index (χ0v) is 14.3. The van der Waals surface area contributed by atoms with E-state index < -0.39 is 0 Å². The van der Waals surface area contributed by atoms with Crippen LogP contribution in [-0.4, -0.2) is 24.2 Å². The first-order valence-corrected chi connectivity index (χ1v) is 8.22. The van der Waals surface area contributed by atoms with Gasteiger partial charge >= 0.3 is 0 Å². The topological polar surface area (TPSA) is 58.6 Å². The van der Waals surface area contributed by atoms with Gasteiger partial charge in [-0.1, -0.05) is 36.4 Å². The van der Waals surface area contributed by atoms with Crippen LogP contribution in [0, 0.1) is 0 Å². The average Bonchev–Trinajstić information content (AvgIpc) is 2.62. The van der Waals surface area contributed by atoms with E-state index in [1.807, 2.05) is 55.5 Å². The van der Waals surface area contributed by atoms with Crippen molar-refractivity contribution in [3.8, 4) is 11.5 Å². The Labute approximate surface area is 147 Å². The maximum absolute atomic E-state index is 12.7. The number of fused-ring (bicyclic) bond motifs is 1. The number of benzene rings is 3. The highest BCUT2D eigenvalue weighted by Crippen LogP contribution is 2.26. The van der Waals surface area contributed by atoms with Crippen molar-refractivity contribution in [1.82, 2.24) is 5.32 Å². The summed E-state index contributed by atoms with van der Waals surface area (Å²) in [6.45, 7) is 1.96. The third-order valence-corrected chi connectivity index (χ3v) is 4.17. The zero-order valence-electron chi connectivity index (χ0n) is 14.3. The van der Waals surface area contributed by atoms with Crippen LogP contribution in [0.2, 0.25) is 0 Å². The Hall–Kier alpha value is -3.01. The Morgan fingerprint density at radius 1 is 1.08 bits per heavy atom. The molecule has 128 valence electrons. The summed E-state index contributed by atoms with van der Waals surface area (Å²) in [4.78, 5) is 12.7. The summed E-state index contributed by atoms with van der Waals surface area (Å²) in [6, 6.07) is 18.6. The fourth-order valence-corrected chi connectivity index (χ4v) is 2.90. The first-order chi connectivity index (χ1) is 12.1. The van der Waals surface area contributed by atoms with E-state index in [1.54, 1.807) is 19.2 Å². The van der Waals surface area contributed by atoms with Crippen molar-refractivity contribution >= 4 is 16.7 Å². The van der Waals surface area contributed by atoms with Crippen LogP contribution >= 0.6 is 0 Å². The van der Waals surface area contributed by atoms with E-state index in [9.17, 15) is 9.90 Å². The average molecular weight is 335 g/mol. The molecule has 0 aliphatic rings. The van der Waals surface area contributed by atoms with Gasteiger partial charge in [0.05, 0.1) is 12.7 Å². The van der Waals surface area contributed by atoms with Gasteiger partial charge in [0.1, 0.15) is 11.5 Å². The minimum atomic E-state index is -0.158. The highest BCUT2D eigenvalue weighted by molar-refractivity contribution is 6.01. The number of aromatic hydroxyl groups is 1. The van der Waals surface area contributed by atoms with Crippen molar-refractivity contribution in [3.05, 3.63) is 71.8 Å². The molecule has 3 aromatic carbocycles. The highest BCUT2D eigenvalue weighted by atomic mass is 16.5. The van der Waals surface area contributed by atoms with E-state index in [0.717, 1.165) is 16.3 Å². The van der Waals surface area contributed by atoms with Gasteiger partial charge in [-0.25, -0.2) is 0 Å². The van der Waals surface area contributed by atoms with Crippen molar-refractivity contribution in [1.29, 1.82) is 0 Å². The molecule has 4 nitrogen and oxygen atoms in total. The number of nitrogens with one attached hydrogen (secondary N) is 1. The summed E-state index contributed by atoms with van der Waals surface area (Å²) >= 11 is 0. The highest BCUT2D eigenvalue weighted by Gasteiger charge is 2.16. The largest absolute Gasteiger partial charge is 0.508 e. The second kappa shape index (κ2) is 7.26. The number of methoxy groups -OCH3 is 1. The fourth-order valence-electron chi connectivity index (χ4n) is 2.90. The maximum atomic E-state index is 12.7.